The minimum atomic E-state index is 0.0626. The summed E-state index contributed by atoms with van der Waals surface area (Å²) in [5.74, 6) is 0.0626. The van der Waals surface area contributed by atoms with Crippen molar-refractivity contribution in [3.05, 3.63) is 41.0 Å². The monoisotopic (exact) mass is 231 g/mol. The average Bonchev–Trinajstić information content (AvgIpc) is 2.30. The van der Waals surface area contributed by atoms with E-state index in [0.29, 0.717) is 0 Å². The summed E-state index contributed by atoms with van der Waals surface area (Å²) >= 11 is 0. The van der Waals surface area contributed by atoms with Crippen LogP contribution in [0.4, 0.5) is 0 Å². The van der Waals surface area contributed by atoms with Gasteiger partial charge in [-0.1, -0.05) is 25.1 Å². The molecule has 0 aliphatic carbocycles. The summed E-state index contributed by atoms with van der Waals surface area (Å²) in [7, 11) is 3.55. The van der Waals surface area contributed by atoms with Gasteiger partial charge in [-0.15, -0.1) is 0 Å². The molecule has 92 valence electrons. The molecule has 1 aromatic rings. The maximum atomic E-state index is 11.9. The Bertz CT molecular complexity index is 444. The number of hydrogen-bond donors (Lipinski definition) is 0. The second-order valence-electron chi connectivity index (χ2n) is 4.40. The molecule has 0 unspecified atom stereocenters. The fourth-order valence-electron chi connectivity index (χ4n) is 1.92. The van der Waals surface area contributed by atoms with Gasteiger partial charge in [0.25, 0.3) is 5.91 Å². The first kappa shape index (κ1) is 13.5. The summed E-state index contributed by atoms with van der Waals surface area (Å²) in [4.78, 5) is 13.5. The zero-order valence-electron chi connectivity index (χ0n) is 11.4. The molecule has 0 saturated heterocycles. The number of nitrogens with zero attached hydrogens (tertiary/aromatic N) is 1. The van der Waals surface area contributed by atoms with Gasteiger partial charge in [-0.2, -0.15) is 0 Å². The molecule has 17 heavy (non-hydrogen) atoms. The smallest absolute Gasteiger partial charge is 0.253 e. The van der Waals surface area contributed by atoms with Gasteiger partial charge in [0.15, 0.2) is 0 Å². The quantitative estimate of drug-likeness (QED) is 0.779. The van der Waals surface area contributed by atoms with E-state index in [2.05, 4.69) is 19.1 Å². The highest BCUT2D eigenvalue weighted by atomic mass is 16.2. The molecule has 0 atom stereocenters. The molecular formula is C15H21NO. The van der Waals surface area contributed by atoms with Gasteiger partial charge < -0.3 is 4.90 Å². The van der Waals surface area contributed by atoms with Crippen LogP contribution in [0.1, 0.15) is 41.8 Å². The molecule has 0 bridgehead atoms. The van der Waals surface area contributed by atoms with Gasteiger partial charge in [0, 0.05) is 19.7 Å². The van der Waals surface area contributed by atoms with Crippen LogP contribution >= 0.6 is 0 Å². The second-order valence-corrected chi connectivity index (χ2v) is 4.40. The van der Waals surface area contributed by atoms with Gasteiger partial charge in [0.05, 0.1) is 0 Å². The Labute approximate surface area is 104 Å². The van der Waals surface area contributed by atoms with Crippen molar-refractivity contribution in [2.75, 3.05) is 14.1 Å². The van der Waals surface area contributed by atoms with Crippen molar-refractivity contribution >= 4 is 11.5 Å². The van der Waals surface area contributed by atoms with E-state index in [1.54, 1.807) is 19.0 Å². The summed E-state index contributed by atoms with van der Waals surface area (Å²) in [6.07, 6.45) is 3.14. The fourth-order valence-corrected chi connectivity index (χ4v) is 1.92. The van der Waals surface area contributed by atoms with Crippen molar-refractivity contribution in [1.82, 2.24) is 4.90 Å². The van der Waals surface area contributed by atoms with Gasteiger partial charge in [-0.3, -0.25) is 4.79 Å². The molecule has 0 aromatic heterocycles. The predicted molar refractivity (Wildman–Crippen MR) is 73.1 cm³/mol. The standard InChI is InChI=1S/C15H21NO/c1-6-12(7-2)13-8-9-14(11(3)10-13)15(17)16(4)5/h6,8-10H,7H2,1-5H3/b12-6+. The van der Waals surface area contributed by atoms with Gasteiger partial charge in [-0.05, 0) is 43.0 Å². The van der Waals surface area contributed by atoms with Crippen LogP contribution in [0, 0.1) is 6.92 Å². The van der Waals surface area contributed by atoms with Crippen molar-refractivity contribution < 1.29 is 4.79 Å². The Morgan fingerprint density at radius 1 is 1.35 bits per heavy atom. The van der Waals surface area contributed by atoms with E-state index >= 15 is 0 Å². The van der Waals surface area contributed by atoms with Crippen LogP contribution in [0.3, 0.4) is 0 Å². The van der Waals surface area contributed by atoms with E-state index in [0.717, 1.165) is 17.5 Å². The maximum Gasteiger partial charge on any atom is 0.253 e. The Morgan fingerprint density at radius 3 is 2.41 bits per heavy atom. The van der Waals surface area contributed by atoms with Crippen LogP contribution < -0.4 is 0 Å². The lowest BCUT2D eigenvalue weighted by atomic mass is 9.98. The highest BCUT2D eigenvalue weighted by Crippen LogP contribution is 2.21. The third-order valence-electron chi connectivity index (χ3n) is 2.96. The molecular weight excluding hydrogens is 210 g/mol. The predicted octanol–water partition coefficient (Wildman–Crippen LogP) is 3.51. The Hall–Kier alpha value is -1.57. The lowest BCUT2D eigenvalue weighted by Gasteiger charge is -2.14. The summed E-state index contributed by atoms with van der Waals surface area (Å²) in [5.41, 5.74) is 4.35. The SMILES string of the molecule is C/C=C(\CC)c1ccc(C(=O)N(C)C)c(C)c1. The normalized spacial score (nSPS) is 11.5. The first-order chi connectivity index (χ1) is 8.01. The van der Waals surface area contributed by atoms with E-state index in [1.807, 2.05) is 26.0 Å². The van der Waals surface area contributed by atoms with E-state index in [4.69, 9.17) is 0 Å². The number of benzene rings is 1. The molecule has 1 amide bonds. The van der Waals surface area contributed by atoms with Crippen LogP contribution in [-0.4, -0.2) is 24.9 Å². The second kappa shape index (κ2) is 5.67. The number of carbonyl (C=O) groups is 1. The van der Waals surface area contributed by atoms with Gasteiger partial charge >= 0.3 is 0 Å². The summed E-state index contributed by atoms with van der Waals surface area (Å²) in [6.45, 7) is 6.18. The largest absolute Gasteiger partial charge is 0.345 e. The van der Waals surface area contributed by atoms with Crippen molar-refractivity contribution in [3.8, 4) is 0 Å². The van der Waals surface area contributed by atoms with Crippen molar-refractivity contribution in [1.29, 1.82) is 0 Å². The van der Waals surface area contributed by atoms with E-state index < -0.39 is 0 Å². The van der Waals surface area contributed by atoms with E-state index in [9.17, 15) is 4.79 Å². The molecule has 0 heterocycles. The Kier molecular flexibility index (Phi) is 4.50. The molecule has 0 radical (unpaired) electrons. The number of aryl methyl sites for hydroxylation is 1. The highest BCUT2D eigenvalue weighted by Gasteiger charge is 2.11. The highest BCUT2D eigenvalue weighted by molar-refractivity contribution is 5.95. The van der Waals surface area contributed by atoms with E-state index in [1.165, 1.54) is 11.1 Å². The molecule has 1 aromatic carbocycles. The van der Waals surface area contributed by atoms with Gasteiger partial charge in [-0.25, -0.2) is 0 Å². The molecule has 0 aliphatic rings. The molecule has 2 nitrogen and oxygen atoms in total. The van der Waals surface area contributed by atoms with E-state index in [-0.39, 0.29) is 5.91 Å². The van der Waals surface area contributed by atoms with Gasteiger partial charge in [0.2, 0.25) is 0 Å². The van der Waals surface area contributed by atoms with Crippen LogP contribution in [0.25, 0.3) is 5.57 Å². The molecule has 0 spiro atoms. The molecule has 0 aliphatic heterocycles. The number of hydrogen-bond acceptors (Lipinski definition) is 1. The number of carbonyl (C=O) groups excluding carboxylic acids is 1. The lowest BCUT2D eigenvalue weighted by Crippen LogP contribution is -2.22. The third-order valence-corrected chi connectivity index (χ3v) is 2.96. The Balaban J connectivity index is 3.14. The minimum absolute atomic E-state index is 0.0626. The number of allylic oxidation sites excluding steroid dienone is 2. The average molecular weight is 231 g/mol. The van der Waals surface area contributed by atoms with Crippen LogP contribution in [-0.2, 0) is 0 Å². The number of rotatable bonds is 3. The summed E-state index contributed by atoms with van der Waals surface area (Å²) in [6, 6.07) is 6.05. The van der Waals surface area contributed by atoms with Crippen molar-refractivity contribution in [2.24, 2.45) is 0 Å². The zero-order valence-corrected chi connectivity index (χ0v) is 11.4. The topological polar surface area (TPSA) is 20.3 Å². The minimum Gasteiger partial charge on any atom is -0.345 e. The third kappa shape index (κ3) is 2.96. The van der Waals surface area contributed by atoms with Crippen LogP contribution in [0.15, 0.2) is 24.3 Å². The molecule has 0 fully saturated rings. The molecule has 0 N–H and O–H groups in total. The lowest BCUT2D eigenvalue weighted by molar-refractivity contribution is 0.0827. The molecule has 0 saturated carbocycles. The summed E-state index contributed by atoms with van der Waals surface area (Å²) < 4.78 is 0. The molecule has 2 heteroatoms. The first-order valence-electron chi connectivity index (χ1n) is 5.99. The fraction of sp³-hybridized carbons (Fsp3) is 0.400. The van der Waals surface area contributed by atoms with Crippen molar-refractivity contribution in [3.63, 3.8) is 0 Å². The number of amides is 1. The maximum absolute atomic E-state index is 11.9. The molecule has 1 rings (SSSR count). The zero-order chi connectivity index (χ0) is 13.0. The first-order valence-corrected chi connectivity index (χ1v) is 5.99. The summed E-state index contributed by atoms with van der Waals surface area (Å²) in [5, 5.41) is 0. The van der Waals surface area contributed by atoms with Crippen molar-refractivity contribution in [2.45, 2.75) is 27.2 Å². The van der Waals surface area contributed by atoms with Crippen LogP contribution in [0.2, 0.25) is 0 Å². The van der Waals surface area contributed by atoms with Gasteiger partial charge in [0.1, 0.15) is 0 Å². The Morgan fingerprint density at radius 2 is 2.00 bits per heavy atom. The van der Waals surface area contributed by atoms with Crippen LogP contribution in [0.5, 0.6) is 0 Å².